The van der Waals surface area contributed by atoms with Gasteiger partial charge in [0.25, 0.3) is 0 Å². The summed E-state index contributed by atoms with van der Waals surface area (Å²) in [6.07, 6.45) is 12.2. The third-order valence-corrected chi connectivity index (χ3v) is 12.3. The third-order valence-electron chi connectivity index (χ3n) is 12.1. The zero-order chi connectivity index (χ0) is 37.9. The number of hydrogen-bond donors (Lipinski definition) is 3. The van der Waals surface area contributed by atoms with Crippen molar-refractivity contribution < 1.29 is 24.2 Å². The van der Waals surface area contributed by atoms with Crippen LogP contribution in [0, 0.1) is 11.8 Å². The maximum Gasteiger partial charge on any atom is 0.329 e. The lowest BCUT2D eigenvalue weighted by molar-refractivity contribution is -0.144. The van der Waals surface area contributed by atoms with Gasteiger partial charge < -0.3 is 25.2 Å². The lowest BCUT2D eigenvalue weighted by atomic mass is 9.59. The summed E-state index contributed by atoms with van der Waals surface area (Å²) >= 11 is 6.29. The van der Waals surface area contributed by atoms with Gasteiger partial charge in [0.15, 0.2) is 5.82 Å². The number of carbonyl (C=O) groups is 2. The molecule has 3 aliphatic carbocycles. The van der Waals surface area contributed by atoms with E-state index < -0.39 is 11.5 Å². The van der Waals surface area contributed by atoms with Crippen molar-refractivity contribution >= 4 is 35.0 Å². The van der Waals surface area contributed by atoms with Crippen LogP contribution in [-0.4, -0.2) is 50.5 Å². The second-order valence-corrected chi connectivity index (χ2v) is 16.3. The molecule has 2 heterocycles. The minimum Gasteiger partial charge on any atom is -0.494 e. The van der Waals surface area contributed by atoms with E-state index in [-0.39, 0.29) is 17.2 Å². The number of nitrogens with zero attached hydrogens (tertiary/aromatic N) is 3. The second-order valence-electron chi connectivity index (χ2n) is 15.9. The zero-order valence-electron chi connectivity index (χ0n) is 31.6. The molecule has 2 aromatic heterocycles. The number of aromatic nitrogens is 3. The number of aliphatic carboxylic acids is 1. The highest BCUT2D eigenvalue weighted by atomic mass is 35.5. The van der Waals surface area contributed by atoms with E-state index in [9.17, 15) is 14.7 Å². The summed E-state index contributed by atoms with van der Waals surface area (Å²) < 4.78 is 14.5. The van der Waals surface area contributed by atoms with Crippen molar-refractivity contribution in [1.29, 1.82) is 0 Å². The van der Waals surface area contributed by atoms with Gasteiger partial charge in [-0.15, -0.1) is 0 Å². The molecule has 4 aromatic rings. The minimum absolute atomic E-state index is 0.0972. The Morgan fingerprint density at radius 3 is 2.69 bits per heavy atom. The Kier molecular flexibility index (Phi) is 11.2. The van der Waals surface area contributed by atoms with E-state index in [0.717, 1.165) is 50.0 Å². The molecule has 3 N–H and O–H groups in total. The molecule has 1 amide bonds. The first kappa shape index (κ1) is 37.7. The SMILES string of the molecule is C[C@@H](COc1ccnc2c1[C@H](C)CCC2)CC1Cc2ccc(OCCCC(=O)Nc3ccn(C)n3)cc2C12CCC(Nc1cccc(Cl)c1)(C(=O)O)CC2. The van der Waals surface area contributed by atoms with Gasteiger partial charge in [0.05, 0.1) is 13.2 Å². The summed E-state index contributed by atoms with van der Waals surface area (Å²) in [5, 5.41) is 21.7. The number of benzene rings is 2. The van der Waals surface area contributed by atoms with Gasteiger partial charge in [-0.25, -0.2) is 4.79 Å². The Bertz CT molecular complexity index is 1970. The number of ether oxygens (including phenoxy) is 2. The highest BCUT2D eigenvalue weighted by Crippen LogP contribution is 2.57. The molecule has 54 heavy (non-hydrogen) atoms. The molecule has 286 valence electrons. The summed E-state index contributed by atoms with van der Waals surface area (Å²) in [6, 6.07) is 17.5. The third kappa shape index (κ3) is 8.09. The molecule has 0 saturated heterocycles. The van der Waals surface area contributed by atoms with E-state index in [1.54, 1.807) is 29.1 Å². The molecule has 3 aliphatic rings. The molecular weight excluding hydrogens is 702 g/mol. The summed E-state index contributed by atoms with van der Waals surface area (Å²) in [5.41, 5.74) is 4.43. The Morgan fingerprint density at radius 2 is 1.93 bits per heavy atom. The van der Waals surface area contributed by atoms with Crippen molar-refractivity contribution in [2.75, 3.05) is 23.8 Å². The van der Waals surface area contributed by atoms with Crippen LogP contribution < -0.4 is 20.1 Å². The van der Waals surface area contributed by atoms with Crippen LogP contribution in [0.1, 0.15) is 99.9 Å². The highest BCUT2D eigenvalue weighted by molar-refractivity contribution is 6.30. The van der Waals surface area contributed by atoms with Gasteiger partial charge in [-0.2, -0.15) is 5.10 Å². The van der Waals surface area contributed by atoms with Crippen LogP contribution in [0.15, 0.2) is 67.0 Å². The van der Waals surface area contributed by atoms with Gasteiger partial charge in [-0.05, 0) is 135 Å². The lowest BCUT2D eigenvalue weighted by Crippen LogP contribution is -2.53. The molecule has 10 nitrogen and oxygen atoms in total. The molecule has 1 fully saturated rings. The standard InChI is InChI=1S/C43H52ClN5O5/c1-28(27-54-37-14-20-45-36-10-4-7-29(2)40(36)37)23-31-24-30-12-13-34(53-22-6-11-39(50)46-38-15-21-49(3)48-38)26-35(30)42(31)16-18-43(19-17-42,41(51)52)47-33-9-5-8-32(44)25-33/h5,8-9,12-15,20-21,25-26,28-29,31,47H,4,6-7,10-11,16-19,22-24,27H2,1-3H3,(H,51,52)(H,46,48,50)/t28-,29-,31?,42?,43?/m1/s1. The number of carbonyl (C=O) groups excluding carboxylic acids is 1. The fourth-order valence-electron chi connectivity index (χ4n) is 9.28. The van der Waals surface area contributed by atoms with Crippen LogP contribution in [0.4, 0.5) is 11.5 Å². The molecule has 0 bridgehead atoms. The number of carboxylic acid groups (broad SMARTS) is 1. The van der Waals surface area contributed by atoms with Crippen molar-refractivity contribution in [3.8, 4) is 11.5 Å². The van der Waals surface area contributed by atoms with Crippen LogP contribution in [0.25, 0.3) is 0 Å². The Hall–Kier alpha value is -4.57. The van der Waals surface area contributed by atoms with E-state index in [1.165, 1.54) is 28.8 Å². The van der Waals surface area contributed by atoms with E-state index >= 15 is 0 Å². The van der Waals surface area contributed by atoms with Gasteiger partial charge in [0, 0.05) is 53.9 Å². The number of amides is 1. The number of carboxylic acids is 1. The number of aryl methyl sites for hydroxylation is 2. The van der Waals surface area contributed by atoms with Crippen molar-refractivity contribution in [2.45, 2.75) is 101 Å². The molecule has 0 aliphatic heterocycles. The van der Waals surface area contributed by atoms with Crippen molar-refractivity contribution in [3.05, 3.63) is 94.4 Å². The second kappa shape index (κ2) is 16.0. The number of anilines is 2. The molecule has 0 radical (unpaired) electrons. The maximum absolute atomic E-state index is 13.0. The molecule has 7 rings (SSSR count). The van der Waals surface area contributed by atoms with Gasteiger partial charge >= 0.3 is 5.97 Å². The van der Waals surface area contributed by atoms with Gasteiger partial charge in [-0.1, -0.05) is 37.6 Å². The van der Waals surface area contributed by atoms with Crippen LogP contribution in [0.2, 0.25) is 5.02 Å². The predicted molar refractivity (Wildman–Crippen MR) is 211 cm³/mol. The van der Waals surface area contributed by atoms with Crippen molar-refractivity contribution in [3.63, 3.8) is 0 Å². The van der Waals surface area contributed by atoms with Crippen LogP contribution in [0.3, 0.4) is 0 Å². The smallest absolute Gasteiger partial charge is 0.329 e. The largest absolute Gasteiger partial charge is 0.494 e. The summed E-state index contributed by atoms with van der Waals surface area (Å²) in [5.74, 6) is 2.39. The van der Waals surface area contributed by atoms with E-state index in [1.807, 2.05) is 37.5 Å². The normalized spacial score (nSPS) is 23.6. The van der Waals surface area contributed by atoms with Crippen molar-refractivity contribution in [1.82, 2.24) is 14.8 Å². The van der Waals surface area contributed by atoms with Gasteiger partial charge in [-0.3, -0.25) is 14.5 Å². The molecule has 1 unspecified atom stereocenters. The lowest BCUT2D eigenvalue weighted by Gasteiger charge is -2.47. The molecule has 1 spiro atoms. The first-order valence-corrected chi connectivity index (χ1v) is 19.8. The predicted octanol–water partition coefficient (Wildman–Crippen LogP) is 8.73. The monoisotopic (exact) mass is 753 g/mol. The van der Waals surface area contributed by atoms with E-state index in [4.69, 9.17) is 21.1 Å². The number of rotatable bonds is 14. The summed E-state index contributed by atoms with van der Waals surface area (Å²) in [4.78, 5) is 30.1. The fraction of sp³-hybridized carbons (Fsp3) is 0.488. The quantitative estimate of drug-likeness (QED) is 0.109. The molecular formula is C43H52ClN5O5. The minimum atomic E-state index is -1.10. The first-order valence-electron chi connectivity index (χ1n) is 19.5. The van der Waals surface area contributed by atoms with Gasteiger partial charge in [0.2, 0.25) is 5.91 Å². The van der Waals surface area contributed by atoms with Crippen LogP contribution in [-0.2, 0) is 34.9 Å². The van der Waals surface area contributed by atoms with Crippen LogP contribution >= 0.6 is 11.6 Å². The molecule has 1 saturated carbocycles. The number of fused-ring (bicyclic) bond motifs is 3. The van der Waals surface area contributed by atoms with E-state index in [2.05, 4.69) is 46.7 Å². The summed E-state index contributed by atoms with van der Waals surface area (Å²) in [6.45, 7) is 5.57. The molecule has 2 aromatic carbocycles. The Balaban J connectivity index is 1.07. The number of halogens is 1. The van der Waals surface area contributed by atoms with E-state index in [0.29, 0.717) is 67.3 Å². The Morgan fingerprint density at radius 1 is 1.09 bits per heavy atom. The van der Waals surface area contributed by atoms with Gasteiger partial charge in [0.1, 0.15) is 17.0 Å². The van der Waals surface area contributed by atoms with Crippen molar-refractivity contribution in [2.24, 2.45) is 18.9 Å². The Labute approximate surface area is 323 Å². The maximum atomic E-state index is 13.0. The first-order chi connectivity index (χ1) is 26.0. The fourth-order valence-corrected chi connectivity index (χ4v) is 9.47. The average Bonchev–Trinajstić information content (AvgIpc) is 3.69. The average molecular weight is 754 g/mol. The number of nitrogens with one attached hydrogen (secondary N) is 2. The summed E-state index contributed by atoms with van der Waals surface area (Å²) in [7, 11) is 1.81. The number of pyridine rings is 1. The highest BCUT2D eigenvalue weighted by Gasteiger charge is 2.54. The molecule has 3 atom stereocenters. The zero-order valence-corrected chi connectivity index (χ0v) is 32.3. The van der Waals surface area contributed by atoms with Crippen LogP contribution in [0.5, 0.6) is 11.5 Å². The molecule has 11 heteroatoms. The number of hydrogen-bond acceptors (Lipinski definition) is 7. The topological polar surface area (TPSA) is 128 Å².